The summed E-state index contributed by atoms with van der Waals surface area (Å²) in [5.74, 6) is 0.383. The first kappa shape index (κ1) is 20.3. The highest BCUT2D eigenvalue weighted by Crippen LogP contribution is 2.16. The normalized spacial score (nSPS) is 12.0. The lowest BCUT2D eigenvalue weighted by Gasteiger charge is -2.05. The number of benzene rings is 1. The van der Waals surface area contributed by atoms with Crippen molar-refractivity contribution in [1.29, 1.82) is 0 Å². The molecular formula is C21H26O4. The second kappa shape index (κ2) is 10.9. The Kier molecular flexibility index (Phi) is 8.86. The smallest absolute Gasteiger partial charge is 0.341 e. The lowest BCUT2D eigenvalue weighted by Crippen LogP contribution is -2.06. The van der Waals surface area contributed by atoms with Crippen molar-refractivity contribution in [3.05, 3.63) is 71.0 Å². The van der Waals surface area contributed by atoms with Gasteiger partial charge in [-0.2, -0.15) is 0 Å². The van der Waals surface area contributed by atoms with E-state index in [0.29, 0.717) is 12.2 Å². The van der Waals surface area contributed by atoms with E-state index >= 15 is 0 Å². The van der Waals surface area contributed by atoms with Crippen LogP contribution in [0.15, 0.2) is 65.5 Å². The van der Waals surface area contributed by atoms with Crippen LogP contribution in [-0.2, 0) is 14.3 Å². The number of methoxy groups -OCH3 is 2. The molecule has 1 aromatic carbocycles. The number of carbonyl (C=O) groups excluding carboxylic acids is 1. The zero-order valence-corrected chi connectivity index (χ0v) is 15.5. The fourth-order valence-electron chi connectivity index (χ4n) is 1.94. The minimum absolute atomic E-state index is 0.383. The first-order chi connectivity index (χ1) is 12.0. The Morgan fingerprint density at radius 3 is 2.56 bits per heavy atom. The van der Waals surface area contributed by atoms with Crippen molar-refractivity contribution in [2.24, 2.45) is 0 Å². The van der Waals surface area contributed by atoms with Crippen LogP contribution in [0.25, 0.3) is 6.08 Å². The summed E-state index contributed by atoms with van der Waals surface area (Å²) in [6.07, 6.45) is 9.06. The summed E-state index contributed by atoms with van der Waals surface area (Å²) >= 11 is 0. The first-order valence-electron chi connectivity index (χ1n) is 8.00. The number of hydrogen-bond donors (Lipinski definition) is 0. The summed E-state index contributed by atoms with van der Waals surface area (Å²) in [5, 5.41) is 0. The van der Waals surface area contributed by atoms with Gasteiger partial charge in [-0.3, -0.25) is 0 Å². The Labute approximate surface area is 150 Å². The molecule has 4 heteroatoms. The van der Waals surface area contributed by atoms with Gasteiger partial charge < -0.3 is 14.2 Å². The van der Waals surface area contributed by atoms with Crippen molar-refractivity contribution in [1.82, 2.24) is 0 Å². The Hall–Kier alpha value is -2.75. The third-order valence-electron chi connectivity index (χ3n) is 3.30. The van der Waals surface area contributed by atoms with Crippen molar-refractivity contribution in [2.75, 3.05) is 20.8 Å². The molecule has 0 fully saturated rings. The quantitative estimate of drug-likeness (QED) is 0.226. The maximum absolute atomic E-state index is 11.7. The summed E-state index contributed by atoms with van der Waals surface area (Å²) in [5.41, 5.74) is 3.37. The largest absolute Gasteiger partial charge is 0.503 e. The van der Waals surface area contributed by atoms with E-state index < -0.39 is 5.97 Å². The monoisotopic (exact) mass is 342 g/mol. The van der Waals surface area contributed by atoms with Gasteiger partial charge in [-0.05, 0) is 50.1 Å². The van der Waals surface area contributed by atoms with Crippen LogP contribution < -0.4 is 4.74 Å². The predicted octanol–water partition coefficient (Wildman–Crippen LogP) is 4.69. The summed E-state index contributed by atoms with van der Waals surface area (Å²) in [4.78, 5) is 11.7. The minimum atomic E-state index is -0.432. The second-order valence-electron chi connectivity index (χ2n) is 5.63. The van der Waals surface area contributed by atoms with Crippen LogP contribution in [0.4, 0.5) is 0 Å². The molecule has 0 aliphatic carbocycles. The van der Waals surface area contributed by atoms with Gasteiger partial charge in [-0.25, -0.2) is 4.79 Å². The molecule has 0 N–H and O–H groups in total. The average molecular weight is 342 g/mol. The van der Waals surface area contributed by atoms with Gasteiger partial charge in [0.25, 0.3) is 0 Å². The molecule has 0 heterocycles. The van der Waals surface area contributed by atoms with E-state index in [1.54, 1.807) is 0 Å². The fourth-order valence-corrected chi connectivity index (χ4v) is 1.94. The molecule has 0 aliphatic heterocycles. The van der Waals surface area contributed by atoms with Gasteiger partial charge in [-0.1, -0.05) is 35.9 Å². The number of esters is 1. The molecule has 0 unspecified atom stereocenters. The molecule has 25 heavy (non-hydrogen) atoms. The van der Waals surface area contributed by atoms with Crippen molar-refractivity contribution >= 4 is 12.0 Å². The highest BCUT2D eigenvalue weighted by molar-refractivity contribution is 5.93. The fraction of sp³-hybridized carbons (Fsp3) is 0.286. The van der Waals surface area contributed by atoms with Crippen LogP contribution in [0.1, 0.15) is 26.3 Å². The standard InChI is InChI=1S/C21H26O4/c1-16(2)12-13-25-19-11-7-10-18(14-19)9-6-8-17(3)20(15-23-4)21(22)24-5/h6-12,14-15H,13H2,1-5H3/b9-6+,17-8-,20-15+. The molecule has 1 aromatic rings. The molecule has 0 bridgehead atoms. The van der Waals surface area contributed by atoms with E-state index in [1.807, 2.05) is 69.3 Å². The van der Waals surface area contributed by atoms with E-state index in [0.717, 1.165) is 16.9 Å². The highest BCUT2D eigenvalue weighted by atomic mass is 16.5. The number of allylic oxidation sites excluding steroid dienone is 3. The van der Waals surface area contributed by atoms with Gasteiger partial charge in [0.05, 0.1) is 26.1 Å². The molecule has 1 rings (SSSR count). The second-order valence-corrected chi connectivity index (χ2v) is 5.63. The minimum Gasteiger partial charge on any atom is -0.503 e. The lowest BCUT2D eigenvalue weighted by molar-refractivity contribution is -0.135. The van der Waals surface area contributed by atoms with E-state index in [-0.39, 0.29) is 0 Å². The maximum atomic E-state index is 11.7. The Morgan fingerprint density at radius 1 is 1.16 bits per heavy atom. The number of hydrogen-bond acceptors (Lipinski definition) is 4. The van der Waals surface area contributed by atoms with Gasteiger partial charge in [0.15, 0.2) is 0 Å². The molecule has 0 saturated heterocycles. The Morgan fingerprint density at radius 2 is 1.92 bits per heavy atom. The summed E-state index contributed by atoms with van der Waals surface area (Å²) in [7, 11) is 2.84. The third kappa shape index (κ3) is 7.57. The summed E-state index contributed by atoms with van der Waals surface area (Å²) in [6, 6.07) is 7.82. The van der Waals surface area contributed by atoms with Crippen LogP contribution >= 0.6 is 0 Å². The Balaban J connectivity index is 2.82. The molecule has 0 atom stereocenters. The predicted molar refractivity (Wildman–Crippen MR) is 101 cm³/mol. The average Bonchev–Trinajstić information content (AvgIpc) is 2.59. The molecule has 0 amide bonds. The third-order valence-corrected chi connectivity index (χ3v) is 3.30. The van der Waals surface area contributed by atoms with Crippen LogP contribution in [0, 0.1) is 0 Å². The SMILES string of the molecule is CO\C=C(C(=O)OC)/C(C)=C\C=C\c1cccc(OCC=C(C)C)c1. The van der Waals surface area contributed by atoms with Gasteiger partial charge in [0.2, 0.25) is 0 Å². The molecular weight excluding hydrogens is 316 g/mol. The zero-order valence-electron chi connectivity index (χ0n) is 15.5. The van der Waals surface area contributed by atoms with Crippen molar-refractivity contribution in [2.45, 2.75) is 20.8 Å². The topological polar surface area (TPSA) is 44.8 Å². The summed E-state index contributed by atoms with van der Waals surface area (Å²) in [6.45, 7) is 6.46. The molecule has 134 valence electrons. The van der Waals surface area contributed by atoms with E-state index in [2.05, 4.69) is 0 Å². The van der Waals surface area contributed by atoms with Crippen LogP contribution in [-0.4, -0.2) is 26.8 Å². The van der Waals surface area contributed by atoms with E-state index in [1.165, 1.54) is 26.1 Å². The van der Waals surface area contributed by atoms with Crippen molar-refractivity contribution in [3.63, 3.8) is 0 Å². The maximum Gasteiger partial charge on any atom is 0.341 e. The van der Waals surface area contributed by atoms with E-state index in [9.17, 15) is 4.79 Å². The molecule has 0 saturated carbocycles. The van der Waals surface area contributed by atoms with Crippen molar-refractivity contribution < 1.29 is 19.0 Å². The highest BCUT2D eigenvalue weighted by Gasteiger charge is 2.11. The van der Waals surface area contributed by atoms with Crippen LogP contribution in [0.3, 0.4) is 0 Å². The number of carbonyl (C=O) groups is 1. The molecule has 4 nitrogen and oxygen atoms in total. The van der Waals surface area contributed by atoms with Gasteiger partial charge in [0, 0.05) is 0 Å². The summed E-state index contributed by atoms with van der Waals surface area (Å²) < 4.78 is 15.4. The lowest BCUT2D eigenvalue weighted by atomic mass is 10.1. The first-order valence-corrected chi connectivity index (χ1v) is 8.00. The van der Waals surface area contributed by atoms with Crippen LogP contribution in [0.5, 0.6) is 5.75 Å². The van der Waals surface area contributed by atoms with Gasteiger partial charge >= 0.3 is 5.97 Å². The molecule has 0 aliphatic rings. The number of ether oxygens (including phenoxy) is 3. The molecule has 0 aromatic heterocycles. The molecule has 0 spiro atoms. The number of rotatable bonds is 8. The van der Waals surface area contributed by atoms with Gasteiger partial charge in [0.1, 0.15) is 12.4 Å². The molecule has 0 radical (unpaired) electrons. The Bertz CT molecular complexity index is 690. The zero-order chi connectivity index (χ0) is 18.7. The van der Waals surface area contributed by atoms with E-state index in [4.69, 9.17) is 14.2 Å². The van der Waals surface area contributed by atoms with Crippen molar-refractivity contribution in [3.8, 4) is 5.75 Å². The van der Waals surface area contributed by atoms with Crippen LogP contribution in [0.2, 0.25) is 0 Å². The van der Waals surface area contributed by atoms with Gasteiger partial charge in [-0.15, -0.1) is 0 Å².